The number of ether oxygens (including phenoxy) is 1. The Hall–Kier alpha value is -1.62. The number of carbonyl (C=O) groups excluding carboxylic acids is 1. The Morgan fingerprint density at radius 1 is 1.21 bits per heavy atom. The molecule has 0 radical (unpaired) electrons. The molecule has 0 aromatic heterocycles. The monoisotopic (exact) mass is 270 g/mol. The number of aliphatic hydroxyl groups excluding tert-OH is 1. The molecule has 0 bridgehead atoms. The van der Waals surface area contributed by atoms with Crippen LogP contribution in [0.25, 0.3) is 0 Å². The molecular formula is C14H22O5. The van der Waals surface area contributed by atoms with Gasteiger partial charge in [0.05, 0.1) is 6.42 Å². The molecule has 1 atom stereocenters. The predicted octanol–water partition coefficient (Wildman–Crippen LogP) is 2.06. The van der Waals surface area contributed by atoms with Crippen LogP contribution in [0.3, 0.4) is 0 Å². The Bertz CT molecular complexity index is 364. The van der Waals surface area contributed by atoms with E-state index in [2.05, 4.69) is 6.08 Å². The summed E-state index contributed by atoms with van der Waals surface area (Å²) in [5, 5.41) is 17.6. The number of allylic oxidation sites excluding steroid dienone is 3. The smallest absolute Gasteiger partial charge is 0.335 e. The van der Waals surface area contributed by atoms with Crippen molar-refractivity contribution in [1.29, 1.82) is 0 Å². The van der Waals surface area contributed by atoms with E-state index < -0.39 is 24.5 Å². The highest BCUT2D eigenvalue weighted by Gasteiger charge is 2.19. The zero-order valence-corrected chi connectivity index (χ0v) is 11.7. The number of esters is 1. The number of hydrogen-bond donors (Lipinski definition) is 2. The highest BCUT2D eigenvalue weighted by Crippen LogP contribution is 2.06. The summed E-state index contributed by atoms with van der Waals surface area (Å²) in [6, 6.07) is 0. The Balaban J connectivity index is 3.96. The average molecular weight is 270 g/mol. The van der Waals surface area contributed by atoms with Gasteiger partial charge in [-0.25, -0.2) is 4.79 Å². The third kappa shape index (κ3) is 10.0. The van der Waals surface area contributed by atoms with Gasteiger partial charge in [-0.3, -0.25) is 4.79 Å². The van der Waals surface area contributed by atoms with Crippen LogP contribution in [-0.2, 0) is 14.3 Å². The fraction of sp³-hybridized carbons (Fsp3) is 0.571. The lowest BCUT2D eigenvalue weighted by Gasteiger charge is -2.07. The van der Waals surface area contributed by atoms with Crippen molar-refractivity contribution in [3.63, 3.8) is 0 Å². The molecule has 19 heavy (non-hydrogen) atoms. The first kappa shape index (κ1) is 17.4. The largest absolute Gasteiger partial charge is 0.481 e. The van der Waals surface area contributed by atoms with Crippen LogP contribution in [0, 0.1) is 0 Å². The van der Waals surface area contributed by atoms with E-state index in [1.165, 1.54) is 5.57 Å². The number of carboxylic acid groups (broad SMARTS) is 1. The van der Waals surface area contributed by atoms with Crippen molar-refractivity contribution in [3.8, 4) is 0 Å². The molecule has 0 aromatic rings. The number of aliphatic hydroxyl groups is 1. The van der Waals surface area contributed by atoms with Crippen LogP contribution in [-0.4, -0.2) is 34.9 Å². The second-order valence-electron chi connectivity index (χ2n) is 4.61. The van der Waals surface area contributed by atoms with E-state index in [1.54, 1.807) is 6.08 Å². The molecule has 0 aliphatic carbocycles. The molecular weight excluding hydrogens is 248 g/mol. The summed E-state index contributed by atoms with van der Waals surface area (Å²) in [6.45, 7) is 6.05. The van der Waals surface area contributed by atoms with Crippen LogP contribution in [0.2, 0.25) is 0 Å². The zero-order chi connectivity index (χ0) is 14.8. The maximum atomic E-state index is 11.2. The maximum absolute atomic E-state index is 11.2. The lowest BCUT2D eigenvalue weighted by molar-refractivity contribution is -0.157. The molecule has 108 valence electrons. The summed E-state index contributed by atoms with van der Waals surface area (Å²) in [6.07, 6.45) is 3.45. The topological polar surface area (TPSA) is 83.8 Å². The van der Waals surface area contributed by atoms with Gasteiger partial charge in [-0.05, 0) is 39.7 Å². The van der Waals surface area contributed by atoms with E-state index in [0.717, 1.165) is 18.4 Å². The standard InChI is InChI=1S/C14H22O5/c1-10(2)5-4-6-11(3)7-8-19-14(18)12(15)9-13(16)17/h5,7,12,15H,4,6,8-9H2,1-3H3,(H,16,17)/b11-7-. The van der Waals surface area contributed by atoms with Crippen LogP contribution < -0.4 is 0 Å². The van der Waals surface area contributed by atoms with E-state index in [4.69, 9.17) is 9.84 Å². The maximum Gasteiger partial charge on any atom is 0.335 e. The van der Waals surface area contributed by atoms with E-state index in [9.17, 15) is 14.7 Å². The van der Waals surface area contributed by atoms with Gasteiger partial charge in [0.1, 0.15) is 6.61 Å². The minimum Gasteiger partial charge on any atom is -0.481 e. The third-order valence-electron chi connectivity index (χ3n) is 2.39. The van der Waals surface area contributed by atoms with E-state index >= 15 is 0 Å². The molecule has 0 fully saturated rings. The highest BCUT2D eigenvalue weighted by molar-refractivity contribution is 5.80. The number of rotatable bonds is 8. The van der Waals surface area contributed by atoms with E-state index in [0.29, 0.717) is 0 Å². The fourth-order valence-corrected chi connectivity index (χ4v) is 1.30. The van der Waals surface area contributed by atoms with Crippen LogP contribution >= 0.6 is 0 Å². The van der Waals surface area contributed by atoms with Crippen LogP contribution in [0.1, 0.15) is 40.0 Å². The summed E-state index contributed by atoms with van der Waals surface area (Å²) < 4.78 is 4.76. The van der Waals surface area contributed by atoms with Crippen molar-refractivity contribution in [3.05, 3.63) is 23.3 Å². The molecule has 0 aromatic carbocycles. The molecule has 0 aliphatic heterocycles. The van der Waals surface area contributed by atoms with Gasteiger partial charge in [0.2, 0.25) is 0 Å². The Morgan fingerprint density at radius 3 is 2.37 bits per heavy atom. The normalized spacial score (nSPS) is 12.7. The first-order chi connectivity index (χ1) is 8.82. The molecule has 5 nitrogen and oxygen atoms in total. The molecule has 5 heteroatoms. The van der Waals surface area contributed by atoms with Gasteiger partial charge in [0.15, 0.2) is 6.10 Å². The van der Waals surface area contributed by atoms with Crippen LogP contribution in [0.15, 0.2) is 23.3 Å². The first-order valence-corrected chi connectivity index (χ1v) is 6.18. The van der Waals surface area contributed by atoms with Crippen LogP contribution in [0.4, 0.5) is 0 Å². The predicted molar refractivity (Wildman–Crippen MR) is 71.6 cm³/mol. The summed E-state index contributed by atoms with van der Waals surface area (Å²) >= 11 is 0. The van der Waals surface area contributed by atoms with Gasteiger partial charge in [-0.1, -0.05) is 17.2 Å². The van der Waals surface area contributed by atoms with Crippen molar-refractivity contribution in [2.75, 3.05) is 6.61 Å². The van der Waals surface area contributed by atoms with Crippen molar-refractivity contribution >= 4 is 11.9 Å². The van der Waals surface area contributed by atoms with Gasteiger partial charge in [0.25, 0.3) is 0 Å². The second kappa shape index (κ2) is 9.33. The zero-order valence-electron chi connectivity index (χ0n) is 11.7. The Morgan fingerprint density at radius 2 is 1.84 bits per heavy atom. The minimum absolute atomic E-state index is 0.0518. The summed E-state index contributed by atoms with van der Waals surface area (Å²) in [5.41, 5.74) is 2.34. The van der Waals surface area contributed by atoms with Crippen molar-refractivity contribution in [1.82, 2.24) is 0 Å². The van der Waals surface area contributed by atoms with E-state index in [1.807, 2.05) is 20.8 Å². The molecule has 0 aliphatic rings. The van der Waals surface area contributed by atoms with E-state index in [-0.39, 0.29) is 6.61 Å². The minimum atomic E-state index is -1.60. The number of aliphatic carboxylic acids is 1. The SMILES string of the molecule is CC(C)=CCC/C(C)=C\COC(=O)C(O)CC(=O)O. The number of carboxylic acids is 1. The fourth-order valence-electron chi connectivity index (χ4n) is 1.30. The van der Waals surface area contributed by atoms with Gasteiger partial charge in [-0.15, -0.1) is 0 Å². The molecule has 0 saturated carbocycles. The molecule has 0 heterocycles. The van der Waals surface area contributed by atoms with Gasteiger partial charge in [0, 0.05) is 0 Å². The Labute approximate surface area is 113 Å². The lowest BCUT2D eigenvalue weighted by atomic mass is 10.1. The summed E-state index contributed by atoms with van der Waals surface area (Å²) in [5.74, 6) is -2.14. The van der Waals surface area contributed by atoms with Gasteiger partial charge < -0.3 is 14.9 Å². The Kier molecular flexibility index (Phi) is 8.53. The molecule has 2 N–H and O–H groups in total. The van der Waals surface area contributed by atoms with Crippen molar-refractivity contribution in [2.24, 2.45) is 0 Å². The third-order valence-corrected chi connectivity index (χ3v) is 2.39. The second-order valence-corrected chi connectivity index (χ2v) is 4.61. The molecule has 0 amide bonds. The average Bonchev–Trinajstić information content (AvgIpc) is 2.27. The molecule has 1 unspecified atom stereocenters. The molecule has 0 rings (SSSR count). The lowest BCUT2D eigenvalue weighted by Crippen LogP contribution is -2.25. The first-order valence-electron chi connectivity index (χ1n) is 6.18. The van der Waals surface area contributed by atoms with Crippen molar-refractivity contribution < 1.29 is 24.5 Å². The van der Waals surface area contributed by atoms with Crippen molar-refractivity contribution in [2.45, 2.75) is 46.1 Å². The molecule has 0 saturated heterocycles. The summed E-state index contributed by atoms with van der Waals surface area (Å²) in [4.78, 5) is 21.5. The van der Waals surface area contributed by atoms with Gasteiger partial charge in [-0.2, -0.15) is 0 Å². The number of hydrogen-bond acceptors (Lipinski definition) is 4. The number of carbonyl (C=O) groups is 2. The van der Waals surface area contributed by atoms with Crippen LogP contribution in [0.5, 0.6) is 0 Å². The highest BCUT2D eigenvalue weighted by atomic mass is 16.5. The summed E-state index contributed by atoms with van der Waals surface area (Å²) in [7, 11) is 0. The van der Waals surface area contributed by atoms with Gasteiger partial charge >= 0.3 is 11.9 Å². The quantitative estimate of drug-likeness (QED) is 0.521. The molecule has 0 spiro atoms.